The van der Waals surface area contributed by atoms with Gasteiger partial charge in [-0.3, -0.25) is 0 Å². The molecule has 13 rings (SSSR count). The Labute approximate surface area is 361 Å². The van der Waals surface area contributed by atoms with Crippen molar-refractivity contribution in [3.8, 4) is 56.7 Å². The van der Waals surface area contributed by atoms with Gasteiger partial charge in [-0.2, -0.15) is 0 Å². The second kappa shape index (κ2) is 14.0. The third-order valence-corrected chi connectivity index (χ3v) is 12.4. The Morgan fingerprint density at radius 1 is 0.333 bits per heavy atom. The fraction of sp³-hybridized carbons (Fsp3) is 0. The smallest absolute Gasteiger partial charge is 0.167 e. The molecule has 0 aliphatic heterocycles. The van der Waals surface area contributed by atoms with Crippen LogP contribution in [0, 0.1) is 0 Å². The summed E-state index contributed by atoms with van der Waals surface area (Å²) in [4.78, 5) is 15.5. The Morgan fingerprint density at radius 3 is 1.60 bits per heavy atom. The van der Waals surface area contributed by atoms with Crippen molar-refractivity contribution in [2.75, 3.05) is 0 Å². The van der Waals surface area contributed by atoms with E-state index in [9.17, 15) is 0 Å². The van der Waals surface area contributed by atoms with Gasteiger partial charge in [0.2, 0.25) is 0 Å². The summed E-state index contributed by atoms with van der Waals surface area (Å²) in [6.45, 7) is 0. The highest BCUT2D eigenvalue weighted by Gasteiger charge is 2.24. The summed E-state index contributed by atoms with van der Waals surface area (Å²) in [5, 5.41) is 6.82. The second-order valence-corrected chi connectivity index (χ2v) is 16.0. The molecule has 4 heterocycles. The van der Waals surface area contributed by atoms with Crippen LogP contribution in [-0.2, 0) is 0 Å². The van der Waals surface area contributed by atoms with Crippen LogP contribution in [0.1, 0.15) is 0 Å². The van der Waals surface area contributed by atoms with Gasteiger partial charge in [0.15, 0.2) is 17.5 Å². The van der Waals surface area contributed by atoms with Gasteiger partial charge in [-0.1, -0.05) is 152 Å². The molecule has 0 spiro atoms. The molecule has 0 aliphatic rings. The van der Waals surface area contributed by atoms with Crippen LogP contribution < -0.4 is 0 Å². The highest BCUT2D eigenvalue weighted by Crippen LogP contribution is 2.44. The number of fused-ring (bicyclic) bond motifs is 9. The SMILES string of the molecule is c1ccc(-c2cccc(-c3nc(-c4ccccc4)nc(-c4ccc(-n5c6ccccc6c6cc7c8ccccc8n(-c8ccccc8)c7cc65)c5c4oc4ccccc45)n3)c2)cc1. The lowest BCUT2D eigenvalue weighted by atomic mass is 10.0. The minimum absolute atomic E-state index is 0.538. The number of nitrogens with zero attached hydrogens (tertiary/aromatic N) is 5. The first-order valence-electron chi connectivity index (χ1n) is 21.2. The average Bonchev–Trinajstić information content (AvgIpc) is 4.01. The summed E-state index contributed by atoms with van der Waals surface area (Å²) in [6, 6.07) is 74.4. The number of para-hydroxylation sites is 4. The molecule has 6 nitrogen and oxygen atoms in total. The summed E-state index contributed by atoms with van der Waals surface area (Å²) in [7, 11) is 0. The van der Waals surface area contributed by atoms with Gasteiger partial charge in [-0.15, -0.1) is 0 Å². The van der Waals surface area contributed by atoms with Crippen LogP contribution in [0.2, 0.25) is 0 Å². The minimum Gasteiger partial charge on any atom is -0.455 e. The number of rotatable bonds is 6. The zero-order chi connectivity index (χ0) is 41.4. The number of furan rings is 1. The van der Waals surface area contributed by atoms with Crippen LogP contribution in [0.4, 0.5) is 0 Å². The van der Waals surface area contributed by atoms with Crippen LogP contribution in [0.15, 0.2) is 217 Å². The number of hydrogen-bond acceptors (Lipinski definition) is 4. The molecule has 0 saturated heterocycles. The summed E-state index contributed by atoms with van der Waals surface area (Å²) < 4.78 is 11.7. The molecule has 0 atom stereocenters. The molecule has 0 bridgehead atoms. The zero-order valence-electron chi connectivity index (χ0n) is 33.9. The van der Waals surface area contributed by atoms with E-state index in [4.69, 9.17) is 19.4 Å². The second-order valence-electron chi connectivity index (χ2n) is 16.0. The van der Waals surface area contributed by atoms with Crippen molar-refractivity contribution in [3.63, 3.8) is 0 Å². The molecular formula is C57H35N5O. The van der Waals surface area contributed by atoms with Crippen LogP contribution in [-0.4, -0.2) is 24.1 Å². The van der Waals surface area contributed by atoms with E-state index in [-0.39, 0.29) is 0 Å². The van der Waals surface area contributed by atoms with Gasteiger partial charge in [0.05, 0.1) is 38.7 Å². The first-order valence-corrected chi connectivity index (χ1v) is 21.2. The molecule has 0 fully saturated rings. The third kappa shape index (κ3) is 5.55. The molecule has 0 aliphatic carbocycles. The Morgan fingerprint density at radius 2 is 0.873 bits per heavy atom. The van der Waals surface area contributed by atoms with E-state index < -0.39 is 0 Å². The highest BCUT2D eigenvalue weighted by atomic mass is 16.3. The van der Waals surface area contributed by atoms with Crippen LogP contribution >= 0.6 is 0 Å². The number of hydrogen-bond donors (Lipinski definition) is 0. The van der Waals surface area contributed by atoms with Gasteiger partial charge < -0.3 is 13.6 Å². The summed E-state index contributed by atoms with van der Waals surface area (Å²) in [5.74, 6) is 1.72. The highest BCUT2D eigenvalue weighted by molar-refractivity contribution is 6.21. The normalized spacial score (nSPS) is 11.8. The van der Waals surface area contributed by atoms with Crippen LogP contribution in [0.5, 0.6) is 0 Å². The first-order chi connectivity index (χ1) is 31.2. The van der Waals surface area contributed by atoms with E-state index in [0.29, 0.717) is 23.1 Å². The predicted molar refractivity (Wildman–Crippen MR) is 258 cm³/mol. The van der Waals surface area contributed by atoms with E-state index in [1.807, 2.05) is 48.5 Å². The summed E-state index contributed by atoms with van der Waals surface area (Å²) >= 11 is 0. The molecule has 0 unspecified atom stereocenters. The number of benzene rings is 9. The van der Waals surface area contributed by atoms with E-state index in [2.05, 4.69) is 173 Å². The fourth-order valence-electron chi connectivity index (χ4n) is 9.53. The van der Waals surface area contributed by atoms with Crippen LogP contribution in [0.25, 0.3) is 122 Å². The molecule has 63 heavy (non-hydrogen) atoms. The Bertz CT molecular complexity index is 3900. The third-order valence-electron chi connectivity index (χ3n) is 12.4. The molecule has 6 heteroatoms. The first kappa shape index (κ1) is 35.2. The summed E-state index contributed by atoms with van der Waals surface area (Å²) in [5.41, 5.74) is 13.0. The molecule has 0 saturated carbocycles. The lowest BCUT2D eigenvalue weighted by molar-refractivity contribution is 0.669. The van der Waals surface area contributed by atoms with Crippen molar-refractivity contribution in [1.82, 2.24) is 24.1 Å². The number of aromatic nitrogens is 5. The van der Waals surface area contributed by atoms with E-state index in [1.54, 1.807) is 0 Å². The van der Waals surface area contributed by atoms with E-state index in [0.717, 1.165) is 72.1 Å². The molecular weight excluding hydrogens is 771 g/mol. The molecule has 0 N–H and O–H groups in total. The average molecular weight is 806 g/mol. The van der Waals surface area contributed by atoms with Crippen molar-refractivity contribution >= 4 is 65.6 Å². The maximum atomic E-state index is 6.94. The van der Waals surface area contributed by atoms with E-state index in [1.165, 1.54) is 27.1 Å². The van der Waals surface area contributed by atoms with Crippen LogP contribution in [0.3, 0.4) is 0 Å². The molecule has 294 valence electrons. The monoisotopic (exact) mass is 805 g/mol. The maximum absolute atomic E-state index is 6.94. The molecule has 13 aromatic rings. The molecule has 0 radical (unpaired) electrons. The Balaban J connectivity index is 1.09. The van der Waals surface area contributed by atoms with E-state index >= 15 is 0 Å². The quantitative estimate of drug-likeness (QED) is 0.168. The van der Waals surface area contributed by atoms with Gasteiger partial charge in [0.25, 0.3) is 0 Å². The lowest BCUT2D eigenvalue weighted by Crippen LogP contribution is -2.01. The van der Waals surface area contributed by atoms with Gasteiger partial charge >= 0.3 is 0 Å². The van der Waals surface area contributed by atoms with Crippen molar-refractivity contribution in [1.29, 1.82) is 0 Å². The Kier molecular flexibility index (Phi) is 7.80. The standard InChI is InChI=1S/C57H35N5O/c1-4-17-36(18-5-1)38-21-16-22-39(33-38)56-58-55(37-19-6-2-7-20-37)59-57(60-56)44-31-32-49(53-43-27-12-15-30-52(43)63-54(44)53)62-48-29-14-11-26-42(48)46-34-45-41-25-10-13-28-47(41)61(50(45)35-51(46)62)40-23-8-3-9-24-40/h1-35H. The molecule has 9 aromatic carbocycles. The van der Waals surface area contributed by atoms with Crippen molar-refractivity contribution in [3.05, 3.63) is 212 Å². The van der Waals surface area contributed by atoms with Gasteiger partial charge in [0, 0.05) is 43.7 Å². The minimum atomic E-state index is 0.538. The maximum Gasteiger partial charge on any atom is 0.167 e. The van der Waals surface area contributed by atoms with Crippen molar-refractivity contribution < 1.29 is 4.42 Å². The topological polar surface area (TPSA) is 61.7 Å². The predicted octanol–water partition coefficient (Wildman–Crippen LogP) is 14.6. The lowest BCUT2D eigenvalue weighted by Gasteiger charge is -2.13. The fourth-order valence-corrected chi connectivity index (χ4v) is 9.53. The van der Waals surface area contributed by atoms with Gasteiger partial charge in [0.1, 0.15) is 11.2 Å². The molecule has 0 amide bonds. The van der Waals surface area contributed by atoms with Crippen molar-refractivity contribution in [2.24, 2.45) is 0 Å². The Hall–Kier alpha value is -8.61. The van der Waals surface area contributed by atoms with Gasteiger partial charge in [-0.05, 0) is 71.8 Å². The summed E-state index contributed by atoms with van der Waals surface area (Å²) in [6.07, 6.45) is 0. The molecule has 4 aromatic heterocycles. The van der Waals surface area contributed by atoms with Gasteiger partial charge in [-0.25, -0.2) is 15.0 Å². The largest absolute Gasteiger partial charge is 0.455 e. The zero-order valence-corrected chi connectivity index (χ0v) is 33.9. The van der Waals surface area contributed by atoms with Crippen molar-refractivity contribution in [2.45, 2.75) is 0 Å².